The number of carbonyl (C=O) groups is 2. The first-order valence-electron chi connectivity index (χ1n) is 4.92. The van der Waals surface area contributed by atoms with E-state index in [-0.39, 0.29) is 11.6 Å². The molecule has 0 aliphatic carbocycles. The van der Waals surface area contributed by atoms with E-state index in [4.69, 9.17) is 14.6 Å². The molecule has 0 saturated heterocycles. The molecule has 0 aromatic rings. The van der Waals surface area contributed by atoms with Crippen LogP contribution in [0, 0.1) is 0 Å². The van der Waals surface area contributed by atoms with Crippen molar-refractivity contribution < 1.29 is 32.6 Å². The van der Waals surface area contributed by atoms with Gasteiger partial charge in [-0.2, -0.15) is 13.2 Å². The average molecular weight is 258 g/mol. The lowest BCUT2D eigenvalue weighted by atomic mass is 10.2. The topological polar surface area (TPSA) is 63.6 Å². The number of halogens is 3. The summed E-state index contributed by atoms with van der Waals surface area (Å²) in [5.41, 5.74) is -0.327. The lowest BCUT2D eigenvalue weighted by molar-refractivity contribution is -0.192. The van der Waals surface area contributed by atoms with Crippen LogP contribution in [0.5, 0.6) is 0 Å². The van der Waals surface area contributed by atoms with Crippen molar-refractivity contribution in [1.29, 1.82) is 0 Å². The van der Waals surface area contributed by atoms with E-state index in [0.29, 0.717) is 6.42 Å². The van der Waals surface area contributed by atoms with Crippen LogP contribution in [0.15, 0.2) is 0 Å². The minimum atomic E-state index is -5.08. The third-order valence-corrected chi connectivity index (χ3v) is 1.12. The SMILES string of the molecule is CCCC(=O)OC(C)(C)C.O=C(O)C(F)(F)F. The molecule has 0 aromatic heterocycles. The summed E-state index contributed by atoms with van der Waals surface area (Å²) in [6.45, 7) is 7.59. The summed E-state index contributed by atoms with van der Waals surface area (Å²) in [4.78, 5) is 19.7. The second-order valence-corrected chi connectivity index (χ2v) is 4.14. The Morgan fingerprint density at radius 3 is 1.71 bits per heavy atom. The first-order chi connectivity index (χ1) is 7.40. The first-order valence-corrected chi connectivity index (χ1v) is 4.92. The van der Waals surface area contributed by atoms with Gasteiger partial charge in [0.1, 0.15) is 5.60 Å². The number of carboxylic acid groups (broad SMARTS) is 1. The van der Waals surface area contributed by atoms with Gasteiger partial charge in [0.2, 0.25) is 0 Å². The van der Waals surface area contributed by atoms with Gasteiger partial charge >= 0.3 is 18.1 Å². The van der Waals surface area contributed by atoms with Crippen molar-refractivity contribution >= 4 is 11.9 Å². The Morgan fingerprint density at radius 2 is 1.53 bits per heavy atom. The summed E-state index contributed by atoms with van der Waals surface area (Å²) in [5.74, 6) is -2.86. The van der Waals surface area contributed by atoms with E-state index >= 15 is 0 Å². The lowest BCUT2D eigenvalue weighted by Crippen LogP contribution is -2.23. The van der Waals surface area contributed by atoms with Gasteiger partial charge in [-0.25, -0.2) is 4.79 Å². The number of aliphatic carboxylic acids is 1. The number of carbonyl (C=O) groups excluding carboxylic acids is 1. The lowest BCUT2D eigenvalue weighted by Gasteiger charge is -2.18. The van der Waals surface area contributed by atoms with Gasteiger partial charge in [-0.1, -0.05) is 6.92 Å². The van der Waals surface area contributed by atoms with Gasteiger partial charge < -0.3 is 9.84 Å². The number of alkyl halides is 3. The summed E-state index contributed by atoms with van der Waals surface area (Å²) in [5, 5.41) is 7.12. The molecule has 0 radical (unpaired) electrons. The van der Waals surface area contributed by atoms with Crippen molar-refractivity contribution in [3.8, 4) is 0 Å². The van der Waals surface area contributed by atoms with Gasteiger partial charge in [0.15, 0.2) is 0 Å². The van der Waals surface area contributed by atoms with Crippen LogP contribution in [0.25, 0.3) is 0 Å². The summed E-state index contributed by atoms with van der Waals surface area (Å²) < 4.78 is 36.8. The van der Waals surface area contributed by atoms with Crippen molar-refractivity contribution in [2.45, 2.75) is 52.3 Å². The van der Waals surface area contributed by atoms with Crippen LogP contribution in [0.3, 0.4) is 0 Å². The Hall–Kier alpha value is -1.27. The van der Waals surface area contributed by atoms with Crippen molar-refractivity contribution in [1.82, 2.24) is 0 Å². The molecular formula is C10H17F3O4. The quantitative estimate of drug-likeness (QED) is 0.773. The average Bonchev–Trinajstić information content (AvgIpc) is 1.99. The zero-order valence-corrected chi connectivity index (χ0v) is 10.2. The van der Waals surface area contributed by atoms with Crippen LogP contribution in [0.1, 0.15) is 40.5 Å². The first kappa shape index (κ1) is 18.1. The van der Waals surface area contributed by atoms with Crippen LogP contribution in [-0.4, -0.2) is 28.8 Å². The zero-order valence-electron chi connectivity index (χ0n) is 10.2. The molecule has 7 heteroatoms. The molecule has 1 N–H and O–H groups in total. The predicted octanol–water partition coefficient (Wildman–Crippen LogP) is 2.76. The Labute approximate surface area is 97.8 Å². The van der Waals surface area contributed by atoms with Crippen molar-refractivity contribution in [2.24, 2.45) is 0 Å². The Bertz CT molecular complexity index is 253. The van der Waals surface area contributed by atoms with E-state index < -0.39 is 12.1 Å². The maximum Gasteiger partial charge on any atom is 0.490 e. The molecule has 0 aliphatic rings. The molecule has 0 atom stereocenters. The van der Waals surface area contributed by atoms with Gasteiger partial charge in [0.05, 0.1) is 0 Å². The molecule has 0 fully saturated rings. The van der Waals surface area contributed by atoms with Gasteiger partial charge in [-0.3, -0.25) is 4.79 Å². The molecule has 0 rings (SSSR count). The normalized spacial score (nSPS) is 11.2. The van der Waals surface area contributed by atoms with Crippen LogP contribution in [-0.2, 0) is 14.3 Å². The molecule has 0 spiro atoms. The smallest absolute Gasteiger partial charge is 0.475 e. The largest absolute Gasteiger partial charge is 0.490 e. The third kappa shape index (κ3) is 14.7. The molecule has 0 bridgehead atoms. The van der Waals surface area contributed by atoms with Crippen LogP contribution in [0.4, 0.5) is 13.2 Å². The van der Waals surface area contributed by atoms with Crippen LogP contribution >= 0.6 is 0 Å². The maximum atomic E-state index is 10.8. The highest BCUT2D eigenvalue weighted by molar-refractivity contribution is 5.73. The Kier molecular flexibility index (Phi) is 7.60. The molecule has 17 heavy (non-hydrogen) atoms. The molecule has 0 saturated carbocycles. The molecule has 102 valence electrons. The van der Waals surface area contributed by atoms with E-state index in [1.165, 1.54) is 0 Å². The van der Waals surface area contributed by atoms with E-state index in [0.717, 1.165) is 6.42 Å². The van der Waals surface area contributed by atoms with E-state index in [2.05, 4.69) is 0 Å². The van der Waals surface area contributed by atoms with Crippen molar-refractivity contribution in [2.75, 3.05) is 0 Å². The monoisotopic (exact) mass is 258 g/mol. The number of ether oxygens (including phenoxy) is 1. The minimum Gasteiger partial charge on any atom is -0.475 e. The standard InChI is InChI=1S/C8H16O2.C2HF3O2/c1-5-6-7(9)10-8(2,3)4;3-2(4,5)1(6)7/h5-6H2,1-4H3;(H,6,7). The minimum absolute atomic E-state index is 0.102. The molecule has 0 unspecified atom stereocenters. The number of esters is 1. The Morgan fingerprint density at radius 1 is 1.18 bits per heavy atom. The second kappa shape index (κ2) is 7.13. The fourth-order valence-corrected chi connectivity index (χ4v) is 0.597. The number of hydrogen-bond donors (Lipinski definition) is 1. The van der Waals surface area contributed by atoms with Gasteiger partial charge in [-0.15, -0.1) is 0 Å². The molecular weight excluding hydrogens is 241 g/mol. The number of rotatable bonds is 2. The fourth-order valence-electron chi connectivity index (χ4n) is 0.597. The fraction of sp³-hybridized carbons (Fsp3) is 0.800. The summed E-state index contributed by atoms with van der Waals surface area (Å²) in [7, 11) is 0. The summed E-state index contributed by atoms with van der Waals surface area (Å²) in [6.07, 6.45) is -3.70. The molecule has 0 aromatic carbocycles. The highest BCUT2D eigenvalue weighted by Crippen LogP contribution is 2.13. The molecule has 4 nitrogen and oxygen atoms in total. The second-order valence-electron chi connectivity index (χ2n) is 4.14. The number of carboxylic acids is 1. The molecule has 0 heterocycles. The van der Waals surface area contributed by atoms with Crippen molar-refractivity contribution in [3.63, 3.8) is 0 Å². The summed E-state index contributed by atoms with van der Waals surface area (Å²) >= 11 is 0. The van der Waals surface area contributed by atoms with E-state index in [9.17, 15) is 18.0 Å². The Balaban J connectivity index is 0. The maximum absolute atomic E-state index is 10.8. The molecule has 0 amide bonds. The van der Waals surface area contributed by atoms with E-state index in [1.54, 1.807) is 0 Å². The predicted molar refractivity (Wildman–Crippen MR) is 54.4 cm³/mol. The van der Waals surface area contributed by atoms with Crippen LogP contribution in [0.2, 0.25) is 0 Å². The summed E-state index contributed by atoms with van der Waals surface area (Å²) in [6, 6.07) is 0. The highest BCUT2D eigenvalue weighted by Gasteiger charge is 2.38. The zero-order chi connectivity index (χ0) is 14.3. The van der Waals surface area contributed by atoms with Gasteiger partial charge in [0.25, 0.3) is 0 Å². The third-order valence-electron chi connectivity index (χ3n) is 1.12. The van der Waals surface area contributed by atoms with E-state index in [1.807, 2.05) is 27.7 Å². The molecule has 0 aliphatic heterocycles. The van der Waals surface area contributed by atoms with Crippen molar-refractivity contribution in [3.05, 3.63) is 0 Å². The number of hydrogen-bond acceptors (Lipinski definition) is 3. The van der Waals surface area contributed by atoms with Gasteiger partial charge in [-0.05, 0) is 27.2 Å². The highest BCUT2D eigenvalue weighted by atomic mass is 19.4. The van der Waals surface area contributed by atoms with Crippen LogP contribution < -0.4 is 0 Å². The van der Waals surface area contributed by atoms with Gasteiger partial charge in [0, 0.05) is 6.42 Å².